The Morgan fingerprint density at radius 3 is 2.46 bits per heavy atom. The lowest BCUT2D eigenvalue weighted by molar-refractivity contribution is -0.139. The van der Waals surface area contributed by atoms with Crippen molar-refractivity contribution in [3.63, 3.8) is 0 Å². The number of carboxylic acid groups (broad SMARTS) is 1. The van der Waals surface area contributed by atoms with E-state index in [0.29, 0.717) is 43.9 Å². The van der Waals surface area contributed by atoms with Crippen molar-refractivity contribution in [3.05, 3.63) is 65.2 Å². The minimum Gasteiger partial charge on any atom is -0.494 e. The number of fused-ring (bicyclic) bond motifs is 1. The number of amides is 3. The molecule has 9 heteroatoms. The van der Waals surface area contributed by atoms with Crippen LogP contribution in [-0.2, 0) is 16.1 Å². The normalized spacial score (nSPS) is 14.3. The van der Waals surface area contributed by atoms with Crippen molar-refractivity contribution in [2.75, 3.05) is 19.7 Å². The Morgan fingerprint density at radius 1 is 1.03 bits per heavy atom. The molecule has 37 heavy (non-hydrogen) atoms. The van der Waals surface area contributed by atoms with Crippen LogP contribution in [0.25, 0.3) is 0 Å². The first kappa shape index (κ1) is 27.9. The molecule has 2 aromatic carbocycles. The van der Waals surface area contributed by atoms with Crippen LogP contribution in [0, 0.1) is 5.92 Å². The fourth-order valence-corrected chi connectivity index (χ4v) is 4.14. The van der Waals surface area contributed by atoms with Crippen LogP contribution in [0.1, 0.15) is 65.8 Å². The van der Waals surface area contributed by atoms with E-state index in [0.717, 1.165) is 16.9 Å². The van der Waals surface area contributed by atoms with Crippen LogP contribution in [-0.4, -0.2) is 59.4 Å². The van der Waals surface area contributed by atoms with Crippen molar-refractivity contribution in [1.29, 1.82) is 0 Å². The lowest BCUT2D eigenvalue weighted by atomic mass is 10.0. The van der Waals surface area contributed by atoms with Gasteiger partial charge in [0, 0.05) is 19.5 Å². The lowest BCUT2D eigenvalue weighted by Gasteiger charge is -2.19. The average Bonchev–Trinajstić information content (AvgIpc) is 3.12. The molecule has 3 rings (SSSR count). The van der Waals surface area contributed by atoms with Gasteiger partial charge in [0.05, 0.1) is 17.7 Å². The standard InChI is InChI=1S/C28H35N3O6/c1-3-15-37-21-9-10-22-23(17-21)27(34)31(26(22)33)14-12-24(28(35)36)29-13-11-19(2)16-25(32)30-18-20-7-5-4-6-8-20/h4-10,17,19,24,29H,3,11-16,18H2,1-2H3,(H,30,32)(H,35,36)/t19-,24+/m0/s1. The van der Waals surface area contributed by atoms with E-state index in [9.17, 15) is 24.3 Å². The number of ether oxygens (including phenoxy) is 1. The SMILES string of the molecule is CCCOc1ccc2c(c1)C(=O)N(CC[C@@H](NCC[C@H](C)CC(=O)NCc1ccccc1)C(=O)O)C2=O. The molecule has 0 bridgehead atoms. The highest BCUT2D eigenvalue weighted by molar-refractivity contribution is 6.21. The Morgan fingerprint density at radius 2 is 1.76 bits per heavy atom. The Balaban J connectivity index is 1.43. The molecule has 0 aliphatic carbocycles. The van der Waals surface area contributed by atoms with Gasteiger partial charge in [0.15, 0.2) is 0 Å². The monoisotopic (exact) mass is 509 g/mol. The number of carboxylic acids is 1. The zero-order chi connectivity index (χ0) is 26.8. The minimum atomic E-state index is -1.06. The van der Waals surface area contributed by atoms with Crippen LogP contribution < -0.4 is 15.4 Å². The topological polar surface area (TPSA) is 125 Å². The molecule has 3 N–H and O–H groups in total. The summed E-state index contributed by atoms with van der Waals surface area (Å²) in [6.07, 6.45) is 1.84. The number of benzene rings is 2. The molecule has 3 amide bonds. The van der Waals surface area contributed by atoms with Gasteiger partial charge in [0.2, 0.25) is 5.91 Å². The molecule has 1 aliphatic heterocycles. The summed E-state index contributed by atoms with van der Waals surface area (Å²) in [6.45, 7) is 5.27. The molecule has 1 aliphatic rings. The van der Waals surface area contributed by atoms with Crippen LogP contribution in [0.2, 0.25) is 0 Å². The number of imide groups is 1. The van der Waals surface area contributed by atoms with Gasteiger partial charge in [0.1, 0.15) is 11.8 Å². The molecule has 0 saturated heterocycles. The summed E-state index contributed by atoms with van der Waals surface area (Å²) in [4.78, 5) is 50.6. The van der Waals surface area contributed by atoms with Crippen LogP contribution >= 0.6 is 0 Å². The zero-order valence-corrected chi connectivity index (χ0v) is 21.4. The molecule has 0 saturated carbocycles. The lowest BCUT2D eigenvalue weighted by Crippen LogP contribution is -2.42. The molecule has 0 unspecified atom stereocenters. The van der Waals surface area contributed by atoms with E-state index in [1.165, 1.54) is 0 Å². The maximum absolute atomic E-state index is 12.8. The number of nitrogens with zero attached hydrogens (tertiary/aromatic N) is 1. The summed E-state index contributed by atoms with van der Waals surface area (Å²) in [5.41, 5.74) is 1.60. The molecule has 0 aromatic heterocycles. The maximum atomic E-state index is 12.8. The third-order valence-corrected chi connectivity index (χ3v) is 6.25. The Labute approximate surface area is 217 Å². The zero-order valence-electron chi connectivity index (χ0n) is 21.4. The smallest absolute Gasteiger partial charge is 0.320 e. The molecular formula is C28H35N3O6. The largest absolute Gasteiger partial charge is 0.494 e. The van der Waals surface area contributed by atoms with E-state index in [1.807, 2.05) is 44.2 Å². The van der Waals surface area contributed by atoms with E-state index in [-0.39, 0.29) is 30.4 Å². The first-order chi connectivity index (χ1) is 17.8. The summed E-state index contributed by atoms with van der Waals surface area (Å²) in [7, 11) is 0. The number of hydrogen-bond donors (Lipinski definition) is 3. The second-order valence-electron chi connectivity index (χ2n) is 9.31. The summed E-state index contributed by atoms with van der Waals surface area (Å²) < 4.78 is 5.56. The molecule has 2 atom stereocenters. The first-order valence-corrected chi connectivity index (χ1v) is 12.7. The van der Waals surface area contributed by atoms with E-state index < -0.39 is 23.8 Å². The Bertz CT molecular complexity index is 1100. The fourth-order valence-electron chi connectivity index (χ4n) is 4.14. The van der Waals surface area contributed by atoms with Gasteiger partial charge >= 0.3 is 5.97 Å². The van der Waals surface area contributed by atoms with E-state index in [4.69, 9.17) is 4.74 Å². The number of rotatable bonds is 15. The van der Waals surface area contributed by atoms with Crippen LogP contribution in [0.5, 0.6) is 5.75 Å². The van der Waals surface area contributed by atoms with Crippen molar-refractivity contribution in [2.24, 2.45) is 5.92 Å². The highest BCUT2D eigenvalue weighted by atomic mass is 16.5. The molecule has 9 nitrogen and oxygen atoms in total. The van der Waals surface area contributed by atoms with Gasteiger partial charge < -0.3 is 20.5 Å². The predicted molar refractivity (Wildman–Crippen MR) is 138 cm³/mol. The highest BCUT2D eigenvalue weighted by Crippen LogP contribution is 2.27. The summed E-state index contributed by atoms with van der Waals surface area (Å²) in [5, 5.41) is 15.5. The van der Waals surface area contributed by atoms with Gasteiger partial charge in [-0.3, -0.25) is 24.1 Å². The second kappa shape index (κ2) is 13.5. The van der Waals surface area contributed by atoms with Gasteiger partial charge in [-0.25, -0.2) is 0 Å². The Hall–Kier alpha value is -3.72. The highest BCUT2D eigenvalue weighted by Gasteiger charge is 2.36. The molecule has 2 aromatic rings. The maximum Gasteiger partial charge on any atom is 0.320 e. The minimum absolute atomic E-state index is 0.0150. The van der Waals surface area contributed by atoms with E-state index in [2.05, 4.69) is 10.6 Å². The van der Waals surface area contributed by atoms with Crippen molar-refractivity contribution in [1.82, 2.24) is 15.5 Å². The summed E-state index contributed by atoms with van der Waals surface area (Å²) in [6, 6.07) is 13.5. The van der Waals surface area contributed by atoms with Gasteiger partial charge in [0.25, 0.3) is 11.8 Å². The second-order valence-corrected chi connectivity index (χ2v) is 9.31. The average molecular weight is 510 g/mol. The number of carbonyl (C=O) groups excluding carboxylic acids is 3. The van der Waals surface area contributed by atoms with Crippen molar-refractivity contribution >= 4 is 23.7 Å². The van der Waals surface area contributed by atoms with Gasteiger partial charge in [-0.15, -0.1) is 0 Å². The fraction of sp³-hybridized carbons (Fsp3) is 0.429. The molecule has 0 fully saturated rings. The van der Waals surface area contributed by atoms with Gasteiger partial charge in [-0.05, 0) is 55.5 Å². The van der Waals surface area contributed by atoms with Gasteiger partial charge in [-0.2, -0.15) is 0 Å². The predicted octanol–water partition coefficient (Wildman–Crippen LogP) is 3.24. The van der Waals surface area contributed by atoms with Crippen molar-refractivity contribution in [3.8, 4) is 5.75 Å². The van der Waals surface area contributed by atoms with E-state index >= 15 is 0 Å². The van der Waals surface area contributed by atoms with Crippen molar-refractivity contribution < 1.29 is 29.0 Å². The van der Waals surface area contributed by atoms with Gasteiger partial charge in [-0.1, -0.05) is 44.2 Å². The van der Waals surface area contributed by atoms with E-state index in [1.54, 1.807) is 18.2 Å². The molecule has 198 valence electrons. The number of carbonyl (C=O) groups is 4. The number of hydrogen-bond acceptors (Lipinski definition) is 6. The van der Waals surface area contributed by atoms with Crippen LogP contribution in [0.4, 0.5) is 0 Å². The summed E-state index contributed by atoms with van der Waals surface area (Å²) in [5.74, 6) is -1.41. The third kappa shape index (κ3) is 7.88. The molecule has 0 radical (unpaired) electrons. The van der Waals surface area contributed by atoms with Crippen LogP contribution in [0.3, 0.4) is 0 Å². The first-order valence-electron chi connectivity index (χ1n) is 12.7. The molecule has 1 heterocycles. The Kier molecular flexibility index (Phi) is 10.2. The molecule has 0 spiro atoms. The summed E-state index contributed by atoms with van der Waals surface area (Å²) >= 11 is 0. The van der Waals surface area contributed by atoms with Crippen LogP contribution in [0.15, 0.2) is 48.5 Å². The quantitative estimate of drug-likeness (QED) is 0.315. The third-order valence-electron chi connectivity index (χ3n) is 6.25. The molecular weight excluding hydrogens is 474 g/mol. The van der Waals surface area contributed by atoms with Crippen molar-refractivity contribution in [2.45, 2.75) is 52.1 Å². The number of nitrogens with one attached hydrogen (secondary N) is 2. The number of aliphatic carboxylic acids is 1.